The van der Waals surface area contributed by atoms with Crippen molar-refractivity contribution in [3.05, 3.63) is 64.7 Å². The van der Waals surface area contributed by atoms with Crippen molar-refractivity contribution in [2.75, 3.05) is 22.9 Å². The van der Waals surface area contributed by atoms with E-state index in [2.05, 4.69) is 29.0 Å². The Morgan fingerprint density at radius 3 is 2.14 bits per heavy atom. The smallest absolute Gasteiger partial charge is 0.298 e. The van der Waals surface area contributed by atoms with Crippen molar-refractivity contribution in [3.63, 3.8) is 0 Å². The number of nitrogens with zero attached hydrogens (tertiary/aromatic N) is 5. The van der Waals surface area contributed by atoms with Gasteiger partial charge < -0.3 is 4.90 Å². The van der Waals surface area contributed by atoms with Crippen molar-refractivity contribution in [2.24, 2.45) is 10.2 Å². The molecule has 148 valence electrons. The molecule has 0 bridgehead atoms. The number of hydrogen-bond acceptors (Lipinski definition) is 7. The van der Waals surface area contributed by atoms with Gasteiger partial charge in [-0.1, -0.05) is 0 Å². The zero-order valence-corrected chi connectivity index (χ0v) is 16.0. The molecule has 0 spiro atoms. The lowest BCUT2D eigenvalue weighted by Crippen LogP contribution is -2.29. The highest BCUT2D eigenvalue weighted by atomic mass is 16.6. The minimum Gasteiger partial charge on any atom is -0.372 e. The second-order valence-corrected chi connectivity index (χ2v) is 6.16. The summed E-state index contributed by atoms with van der Waals surface area (Å²) in [5.41, 5.74) is 1.39. The quantitative estimate of drug-likeness (QED) is 0.302. The lowest BCUT2D eigenvalue weighted by molar-refractivity contribution is -0.384. The number of carbonyl (C=O) groups excluding carboxylic acids is 2. The van der Waals surface area contributed by atoms with Crippen LogP contribution in [0.2, 0.25) is 0 Å². The molecular formula is C20H19N5O4. The lowest BCUT2D eigenvalue weighted by Gasteiger charge is -2.20. The monoisotopic (exact) mass is 393 g/mol. The number of carbonyl (C=O) groups is 2. The molecule has 0 aliphatic carbocycles. The summed E-state index contributed by atoms with van der Waals surface area (Å²) < 4.78 is 0. The van der Waals surface area contributed by atoms with Gasteiger partial charge in [-0.2, -0.15) is 5.11 Å². The first-order valence-electron chi connectivity index (χ1n) is 9.06. The average molecular weight is 393 g/mol. The molecule has 3 rings (SSSR count). The van der Waals surface area contributed by atoms with Gasteiger partial charge in [0.15, 0.2) is 5.69 Å². The van der Waals surface area contributed by atoms with Gasteiger partial charge >= 0.3 is 0 Å². The van der Waals surface area contributed by atoms with Gasteiger partial charge in [-0.3, -0.25) is 19.7 Å². The van der Waals surface area contributed by atoms with E-state index in [1.165, 1.54) is 12.1 Å². The minimum absolute atomic E-state index is 0.0265. The Morgan fingerprint density at radius 2 is 1.59 bits per heavy atom. The topological polar surface area (TPSA) is 108 Å². The van der Waals surface area contributed by atoms with Crippen LogP contribution < -0.4 is 9.80 Å². The van der Waals surface area contributed by atoms with Crippen LogP contribution in [0.5, 0.6) is 0 Å². The third-order valence-electron chi connectivity index (χ3n) is 4.47. The number of hydrogen-bond donors (Lipinski definition) is 0. The van der Waals surface area contributed by atoms with E-state index in [1.807, 2.05) is 12.1 Å². The zero-order chi connectivity index (χ0) is 21.0. The highest BCUT2D eigenvalue weighted by molar-refractivity contribution is 6.28. The van der Waals surface area contributed by atoms with E-state index in [4.69, 9.17) is 0 Å². The summed E-state index contributed by atoms with van der Waals surface area (Å²) in [6.45, 7) is 5.90. The summed E-state index contributed by atoms with van der Waals surface area (Å²) in [6, 6.07) is 11.3. The van der Waals surface area contributed by atoms with E-state index in [-0.39, 0.29) is 17.1 Å². The van der Waals surface area contributed by atoms with E-state index >= 15 is 0 Å². The van der Waals surface area contributed by atoms with Crippen molar-refractivity contribution >= 4 is 40.3 Å². The summed E-state index contributed by atoms with van der Waals surface area (Å²) in [5.74, 6) is -1.10. The maximum atomic E-state index is 11.8. The maximum absolute atomic E-state index is 11.8. The number of nitro groups is 1. The molecule has 0 aromatic heterocycles. The minimum atomic E-state index is -0.625. The Labute approximate surface area is 167 Å². The molecule has 0 unspecified atom stereocenters. The van der Waals surface area contributed by atoms with Crippen molar-refractivity contribution in [1.29, 1.82) is 0 Å². The van der Waals surface area contributed by atoms with Gasteiger partial charge in [-0.15, -0.1) is 5.11 Å². The molecule has 0 atom stereocenters. The molecule has 2 amide bonds. The van der Waals surface area contributed by atoms with Gasteiger partial charge in [0.2, 0.25) is 0 Å². The molecule has 9 heteroatoms. The molecule has 0 fully saturated rings. The van der Waals surface area contributed by atoms with Crippen molar-refractivity contribution < 1.29 is 14.5 Å². The van der Waals surface area contributed by atoms with Gasteiger partial charge in [0.05, 0.1) is 16.3 Å². The average Bonchev–Trinajstić information content (AvgIpc) is 3.06. The Balaban J connectivity index is 1.86. The van der Waals surface area contributed by atoms with Crippen LogP contribution in [0.3, 0.4) is 0 Å². The number of amides is 2. The van der Waals surface area contributed by atoms with Crippen molar-refractivity contribution in [2.45, 2.75) is 13.8 Å². The van der Waals surface area contributed by atoms with Crippen LogP contribution in [0.25, 0.3) is 0 Å². The Morgan fingerprint density at radius 1 is 0.966 bits per heavy atom. The molecule has 1 aliphatic heterocycles. The maximum Gasteiger partial charge on any atom is 0.298 e. The van der Waals surface area contributed by atoms with Gasteiger partial charge in [0.25, 0.3) is 17.5 Å². The largest absolute Gasteiger partial charge is 0.372 e. The fourth-order valence-corrected chi connectivity index (χ4v) is 2.97. The van der Waals surface area contributed by atoms with Crippen LogP contribution in [-0.2, 0) is 9.59 Å². The fourth-order valence-electron chi connectivity index (χ4n) is 2.97. The lowest BCUT2D eigenvalue weighted by atomic mass is 10.2. The summed E-state index contributed by atoms with van der Waals surface area (Å²) in [4.78, 5) is 37.4. The molecule has 2 aromatic rings. The number of imide groups is 1. The highest BCUT2D eigenvalue weighted by Gasteiger charge is 2.27. The number of nitro benzene ring substituents is 1. The van der Waals surface area contributed by atoms with Crippen LogP contribution in [0, 0.1) is 10.1 Å². The first-order valence-corrected chi connectivity index (χ1v) is 9.06. The third-order valence-corrected chi connectivity index (χ3v) is 4.47. The van der Waals surface area contributed by atoms with Crippen LogP contribution in [0.1, 0.15) is 13.8 Å². The molecule has 0 saturated carbocycles. The molecule has 0 saturated heterocycles. The number of anilines is 2. The van der Waals surface area contributed by atoms with E-state index < -0.39 is 16.7 Å². The van der Waals surface area contributed by atoms with E-state index in [0.29, 0.717) is 5.69 Å². The van der Waals surface area contributed by atoms with Gasteiger partial charge in [-0.05, 0) is 50.2 Å². The van der Waals surface area contributed by atoms with Crippen LogP contribution in [0.4, 0.5) is 28.4 Å². The number of benzene rings is 2. The van der Waals surface area contributed by atoms with E-state index in [0.717, 1.165) is 41.9 Å². The van der Waals surface area contributed by atoms with E-state index in [1.54, 1.807) is 12.1 Å². The molecule has 0 radical (unpaired) electrons. The van der Waals surface area contributed by atoms with Crippen LogP contribution >= 0.6 is 0 Å². The molecule has 1 aliphatic rings. The first-order chi connectivity index (χ1) is 13.9. The van der Waals surface area contributed by atoms with E-state index in [9.17, 15) is 19.7 Å². The molecule has 9 nitrogen and oxygen atoms in total. The van der Waals surface area contributed by atoms with Crippen LogP contribution in [0.15, 0.2) is 64.8 Å². The standard InChI is InChI=1S/C20H19N5O4/c1-3-23(4-2)15-7-5-14(6-8-15)21-22-17-10-9-16(13-18(17)25(28)29)24-19(26)11-12-20(24)27/h5-13H,3-4H2,1-2H3. The summed E-state index contributed by atoms with van der Waals surface area (Å²) in [5, 5.41) is 19.5. The third kappa shape index (κ3) is 4.18. The van der Waals surface area contributed by atoms with Crippen molar-refractivity contribution in [3.8, 4) is 0 Å². The van der Waals surface area contributed by atoms with Gasteiger partial charge in [-0.25, -0.2) is 4.90 Å². The van der Waals surface area contributed by atoms with Gasteiger partial charge in [0.1, 0.15) is 0 Å². The zero-order valence-electron chi connectivity index (χ0n) is 16.0. The normalized spacial score (nSPS) is 13.5. The Kier molecular flexibility index (Phi) is 5.77. The Hall–Kier alpha value is -3.88. The summed E-state index contributed by atoms with van der Waals surface area (Å²) in [7, 11) is 0. The van der Waals surface area contributed by atoms with Crippen LogP contribution in [-0.4, -0.2) is 29.8 Å². The molecule has 0 N–H and O–H groups in total. The Bertz CT molecular complexity index is 992. The summed E-state index contributed by atoms with van der Waals surface area (Å²) in [6.07, 6.45) is 2.23. The number of azo groups is 1. The van der Waals surface area contributed by atoms with Gasteiger partial charge in [0, 0.05) is 37.0 Å². The molecule has 2 aromatic carbocycles. The predicted molar refractivity (Wildman–Crippen MR) is 109 cm³/mol. The first kappa shape index (κ1) is 19.9. The highest BCUT2D eigenvalue weighted by Crippen LogP contribution is 2.34. The second-order valence-electron chi connectivity index (χ2n) is 6.16. The molecular weight excluding hydrogens is 374 g/mol. The van der Waals surface area contributed by atoms with Crippen molar-refractivity contribution in [1.82, 2.24) is 0 Å². The fraction of sp³-hybridized carbons (Fsp3) is 0.200. The predicted octanol–water partition coefficient (Wildman–Crippen LogP) is 4.29. The molecule has 1 heterocycles. The number of rotatable bonds is 7. The second kappa shape index (κ2) is 8.42. The SMILES string of the molecule is CCN(CC)c1ccc(N=Nc2ccc(N3C(=O)C=CC3=O)cc2[N+](=O)[O-])cc1. The summed E-state index contributed by atoms with van der Waals surface area (Å²) >= 11 is 0. The molecule has 29 heavy (non-hydrogen) atoms.